The second kappa shape index (κ2) is 7.03. The highest BCUT2D eigenvalue weighted by Gasteiger charge is 2.11. The summed E-state index contributed by atoms with van der Waals surface area (Å²) in [5, 5.41) is 10.7. The maximum Gasteiger partial charge on any atom is 0.271 e. The van der Waals surface area contributed by atoms with Crippen molar-refractivity contribution in [2.75, 3.05) is 0 Å². The van der Waals surface area contributed by atoms with Crippen molar-refractivity contribution in [2.24, 2.45) is 0 Å². The topological polar surface area (TPSA) is 69.2 Å². The minimum Gasteiger partial charge on any atom is -0.441 e. The lowest BCUT2D eigenvalue weighted by atomic mass is 10.1. The molecule has 1 aromatic carbocycles. The quantitative estimate of drug-likeness (QED) is 0.400. The van der Waals surface area contributed by atoms with Crippen LogP contribution in [0.25, 0.3) is 11.1 Å². The Morgan fingerprint density at radius 2 is 1.95 bits per heavy atom. The summed E-state index contributed by atoms with van der Waals surface area (Å²) < 4.78 is 5.60. The van der Waals surface area contributed by atoms with Gasteiger partial charge in [-0.2, -0.15) is 0 Å². The van der Waals surface area contributed by atoms with Crippen molar-refractivity contribution in [2.45, 2.75) is 51.9 Å². The number of aryl methyl sites for hydroxylation is 1. The first-order chi connectivity index (χ1) is 9.70. The SMILES string of the molecule is CCCCCCCCc1nc2cc([N+](=O)[O-])ccc2o1. The van der Waals surface area contributed by atoms with Gasteiger partial charge in [-0.15, -0.1) is 0 Å². The van der Waals surface area contributed by atoms with Crippen LogP contribution >= 0.6 is 0 Å². The van der Waals surface area contributed by atoms with E-state index in [0.717, 1.165) is 12.8 Å². The van der Waals surface area contributed by atoms with Gasteiger partial charge in [0.25, 0.3) is 5.69 Å². The predicted molar refractivity (Wildman–Crippen MR) is 77.7 cm³/mol. The maximum atomic E-state index is 10.7. The molecular formula is C15H20N2O3. The summed E-state index contributed by atoms with van der Waals surface area (Å²) in [4.78, 5) is 14.6. The van der Waals surface area contributed by atoms with Crippen molar-refractivity contribution >= 4 is 16.8 Å². The van der Waals surface area contributed by atoms with Crippen LogP contribution in [0.2, 0.25) is 0 Å². The van der Waals surface area contributed by atoms with E-state index < -0.39 is 4.92 Å². The average molecular weight is 276 g/mol. The van der Waals surface area contributed by atoms with E-state index in [9.17, 15) is 10.1 Å². The molecule has 2 rings (SSSR count). The minimum absolute atomic E-state index is 0.0527. The van der Waals surface area contributed by atoms with Gasteiger partial charge in [0.1, 0.15) is 5.52 Å². The number of unbranched alkanes of at least 4 members (excludes halogenated alkanes) is 5. The molecule has 0 saturated carbocycles. The number of nitrogens with zero attached hydrogens (tertiary/aromatic N) is 2. The van der Waals surface area contributed by atoms with Gasteiger partial charge in [-0.3, -0.25) is 10.1 Å². The molecule has 5 heteroatoms. The van der Waals surface area contributed by atoms with E-state index in [1.807, 2.05) is 0 Å². The summed E-state index contributed by atoms with van der Waals surface area (Å²) in [6.45, 7) is 2.21. The molecule has 0 aliphatic rings. The molecule has 0 atom stereocenters. The van der Waals surface area contributed by atoms with Gasteiger partial charge in [-0.05, 0) is 12.5 Å². The van der Waals surface area contributed by atoms with Crippen molar-refractivity contribution in [1.29, 1.82) is 0 Å². The summed E-state index contributed by atoms with van der Waals surface area (Å²) in [6.07, 6.45) is 8.12. The second-order valence-corrected chi connectivity index (χ2v) is 5.03. The van der Waals surface area contributed by atoms with Crippen molar-refractivity contribution in [3.05, 3.63) is 34.2 Å². The third kappa shape index (κ3) is 3.79. The molecule has 0 bridgehead atoms. The molecule has 5 nitrogen and oxygen atoms in total. The summed E-state index contributed by atoms with van der Waals surface area (Å²) in [6, 6.07) is 4.52. The van der Waals surface area contributed by atoms with Crippen molar-refractivity contribution in [3.63, 3.8) is 0 Å². The molecule has 2 aromatic rings. The Morgan fingerprint density at radius 1 is 1.20 bits per heavy atom. The fourth-order valence-corrected chi connectivity index (χ4v) is 2.24. The molecule has 108 valence electrons. The molecule has 0 saturated heterocycles. The number of hydrogen-bond acceptors (Lipinski definition) is 4. The van der Waals surface area contributed by atoms with Crippen LogP contribution in [-0.2, 0) is 6.42 Å². The summed E-state index contributed by atoms with van der Waals surface area (Å²) in [7, 11) is 0. The van der Waals surface area contributed by atoms with Crippen LogP contribution in [0, 0.1) is 10.1 Å². The van der Waals surface area contributed by atoms with E-state index in [2.05, 4.69) is 11.9 Å². The summed E-state index contributed by atoms with van der Waals surface area (Å²) in [5.41, 5.74) is 1.24. The lowest BCUT2D eigenvalue weighted by molar-refractivity contribution is -0.384. The molecule has 0 N–H and O–H groups in total. The fourth-order valence-electron chi connectivity index (χ4n) is 2.24. The molecule has 20 heavy (non-hydrogen) atoms. The number of benzene rings is 1. The zero-order chi connectivity index (χ0) is 14.4. The van der Waals surface area contributed by atoms with E-state index in [1.165, 1.54) is 44.2 Å². The Bertz CT molecular complexity index is 578. The highest BCUT2D eigenvalue weighted by Crippen LogP contribution is 2.22. The number of non-ortho nitro benzene ring substituents is 1. The van der Waals surface area contributed by atoms with E-state index in [4.69, 9.17) is 4.42 Å². The number of nitro groups is 1. The van der Waals surface area contributed by atoms with Crippen LogP contribution in [-0.4, -0.2) is 9.91 Å². The molecule has 0 radical (unpaired) electrons. The smallest absolute Gasteiger partial charge is 0.271 e. The molecular weight excluding hydrogens is 256 g/mol. The molecule has 0 fully saturated rings. The lowest BCUT2D eigenvalue weighted by Crippen LogP contribution is -1.87. The first kappa shape index (κ1) is 14.5. The van der Waals surface area contributed by atoms with E-state index >= 15 is 0 Å². The second-order valence-electron chi connectivity index (χ2n) is 5.03. The van der Waals surface area contributed by atoms with E-state index in [0.29, 0.717) is 17.0 Å². The van der Waals surface area contributed by atoms with Gasteiger partial charge in [0, 0.05) is 18.6 Å². The Kier molecular flexibility index (Phi) is 5.09. The number of hydrogen-bond donors (Lipinski definition) is 0. The molecule has 0 aliphatic carbocycles. The molecule has 1 heterocycles. The lowest BCUT2D eigenvalue weighted by Gasteiger charge is -1.97. The van der Waals surface area contributed by atoms with Gasteiger partial charge in [-0.25, -0.2) is 4.98 Å². The Balaban J connectivity index is 1.89. The molecule has 0 spiro atoms. The zero-order valence-electron chi connectivity index (χ0n) is 11.8. The molecule has 1 aromatic heterocycles. The van der Waals surface area contributed by atoms with Crippen molar-refractivity contribution in [1.82, 2.24) is 4.98 Å². The van der Waals surface area contributed by atoms with Crippen LogP contribution < -0.4 is 0 Å². The number of nitro benzene ring substituents is 1. The normalized spacial score (nSPS) is 11.1. The molecule has 0 aliphatic heterocycles. The van der Waals surface area contributed by atoms with Gasteiger partial charge in [0.05, 0.1) is 4.92 Å². The van der Waals surface area contributed by atoms with Crippen molar-refractivity contribution in [3.8, 4) is 0 Å². The first-order valence-corrected chi connectivity index (χ1v) is 7.24. The van der Waals surface area contributed by atoms with Crippen LogP contribution in [0.15, 0.2) is 22.6 Å². The third-order valence-electron chi connectivity index (χ3n) is 3.37. The van der Waals surface area contributed by atoms with Gasteiger partial charge in [-0.1, -0.05) is 39.0 Å². The number of aromatic nitrogens is 1. The Labute approximate surface area is 118 Å². The maximum absolute atomic E-state index is 10.7. The van der Waals surface area contributed by atoms with Crippen LogP contribution in [0.3, 0.4) is 0 Å². The Hall–Kier alpha value is -1.91. The van der Waals surface area contributed by atoms with Crippen LogP contribution in [0.1, 0.15) is 51.3 Å². The van der Waals surface area contributed by atoms with Crippen LogP contribution in [0.4, 0.5) is 5.69 Å². The van der Waals surface area contributed by atoms with E-state index in [1.54, 1.807) is 6.07 Å². The van der Waals surface area contributed by atoms with Crippen LogP contribution in [0.5, 0.6) is 0 Å². The standard InChI is InChI=1S/C15H20N2O3/c1-2-3-4-5-6-7-8-15-16-13-11-12(17(18)19)9-10-14(13)20-15/h9-11H,2-8H2,1H3. The van der Waals surface area contributed by atoms with Gasteiger partial charge >= 0.3 is 0 Å². The Morgan fingerprint density at radius 3 is 2.70 bits per heavy atom. The number of oxazole rings is 1. The number of fused-ring (bicyclic) bond motifs is 1. The minimum atomic E-state index is -0.415. The zero-order valence-corrected chi connectivity index (χ0v) is 11.8. The first-order valence-electron chi connectivity index (χ1n) is 7.24. The fraction of sp³-hybridized carbons (Fsp3) is 0.533. The summed E-state index contributed by atoms with van der Waals surface area (Å²) >= 11 is 0. The van der Waals surface area contributed by atoms with Gasteiger partial charge in [0.2, 0.25) is 0 Å². The van der Waals surface area contributed by atoms with Gasteiger partial charge < -0.3 is 4.42 Å². The monoisotopic (exact) mass is 276 g/mol. The highest BCUT2D eigenvalue weighted by atomic mass is 16.6. The largest absolute Gasteiger partial charge is 0.441 e. The van der Waals surface area contributed by atoms with Gasteiger partial charge in [0.15, 0.2) is 11.5 Å². The third-order valence-corrected chi connectivity index (χ3v) is 3.37. The predicted octanol–water partition coefficient (Wildman–Crippen LogP) is 4.64. The average Bonchev–Trinajstić information content (AvgIpc) is 2.84. The summed E-state index contributed by atoms with van der Waals surface area (Å²) in [5.74, 6) is 0.677. The molecule has 0 amide bonds. The molecule has 0 unspecified atom stereocenters. The van der Waals surface area contributed by atoms with E-state index in [-0.39, 0.29) is 5.69 Å². The number of rotatable bonds is 8. The van der Waals surface area contributed by atoms with Crippen molar-refractivity contribution < 1.29 is 9.34 Å². The highest BCUT2D eigenvalue weighted by molar-refractivity contribution is 5.75.